The number of hydrogen-bond donors (Lipinski definition) is 0. The Labute approximate surface area is 154 Å². The van der Waals surface area contributed by atoms with Gasteiger partial charge in [-0.05, 0) is 31.2 Å². The summed E-state index contributed by atoms with van der Waals surface area (Å²) in [4.78, 5) is 6.73. The van der Waals surface area contributed by atoms with Crippen molar-refractivity contribution in [3.8, 4) is 5.88 Å². The van der Waals surface area contributed by atoms with Crippen molar-refractivity contribution in [2.75, 3.05) is 13.2 Å². The van der Waals surface area contributed by atoms with Crippen LogP contribution in [-0.2, 0) is 20.1 Å². The average molecular weight is 351 g/mol. The summed E-state index contributed by atoms with van der Waals surface area (Å²) >= 11 is 0. The first-order valence-corrected chi connectivity index (χ1v) is 9.10. The highest BCUT2D eigenvalue weighted by Crippen LogP contribution is 2.26. The fourth-order valence-electron chi connectivity index (χ4n) is 3.72. The Morgan fingerprint density at radius 2 is 2.15 bits per heavy atom. The van der Waals surface area contributed by atoms with Crippen molar-refractivity contribution in [1.82, 2.24) is 24.2 Å². The van der Waals surface area contributed by atoms with Gasteiger partial charge >= 0.3 is 0 Å². The summed E-state index contributed by atoms with van der Waals surface area (Å²) in [6.07, 6.45) is 4.91. The van der Waals surface area contributed by atoms with Gasteiger partial charge in [0.05, 0.1) is 18.0 Å². The molecule has 3 aromatic rings. The molecule has 136 valence electrons. The third kappa shape index (κ3) is 3.65. The molecule has 4 rings (SSSR count). The van der Waals surface area contributed by atoms with Gasteiger partial charge in [0.25, 0.3) is 0 Å². The van der Waals surface area contributed by atoms with E-state index in [9.17, 15) is 0 Å². The van der Waals surface area contributed by atoms with Gasteiger partial charge < -0.3 is 9.30 Å². The molecular weight excluding hydrogens is 326 g/mol. The first-order chi connectivity index (χ1) is 12.7. The van der Waals surface area contributed by atoms with E-state index >= 15 is 0 Å². The van der Waals surface area contributed by atoms with Gasteiger partial charge in [-0.15, -0.1) is 0 Å². The first kappa shape index (κ1) is 16.8. The van der Waals surface area contributed by atoms with Crippen molar-refractivity contribution in [3.63, 3.8) is 0 Å². The van der Waals surface area contributed by atoms with Crippen LogP contribution in [0.3, 0.4) is 0 Å². The second kappa shape index (κ2) is 7.33. The van der Waals surface area contributed by atoms with Gasteiger partial charge in [0.1, 0.15) is 0 Å². The topological polar surface area (TPSA) is 48.1 Å². The molecule has 0 spiro atoms. The minimum absolute atomic E-state index is 0.409. The van der Waals surface area contributed by atoms with E-state index < -0.39 is 0 Å². The van der Waals surface area contributed by atoms with Crippen LogP contribution in [-0.4, -0.2) is 37.4 Å². The largest absolute Gasteiger partial charge is 0.478 e. The smallest absolute Gasteiger partial charge is 0.213 e. The van der Waals surface area contributed by atoms with Crippen molar-refractivity contribution in [2.24, 2.45) is 7.05 Å². The van der Waals surface area contributed by atoms with Gasteiger partial charge in [0.2, 0.25) is 5.88 Å². The molecule has 26 heavy (non-hydrogen) atoms. The molecule has 0 amide bonds. The molecular formula is C20H25N5O. The summed E-state index contributed by atoms with van der Waals surface area (Å²) < 4.78 is 10.2. The molecule has 0 aromatic carbocycles. The summed E-state index contributed by atoms with van der Waals surface area (Å²) in [5, 5.41) is 4.47. The Morgan fingerprint density at radius 3 is 2.92 bits per heavy atom. The Kier molecular flexibility index (Phi) is 4.75. The maximum absolute atomic E-state index is 5.82. The van der Waals surface area contributed by atoms with Gasteiger partial charge in [-0.2, -0.15) is 5.10 Å². The number of nitrogens with zero attached hydrogens (tertiary/aromatic N) is 5. The predicted octanol–water partition coefficient (Wildman–Crippen LogP) is 2.95. The molecule has 0 radical (unpaired) electrons. The molecule has 0 bridgehead atoms. The number of aromatic nitrogens is 4. The number of ether oxygens (including phenoxy) is 1. The van der Waals surface area contributed by atoms with Crippen LogP contribution in [0.25, 0.3) is 0 Å². The van der Waals surface area contributed by atoms with Crippen molar-refractivity contribution in [2.45, 2.75) is 32.5 Å². The van der Waals surface area contributed by atoms with Crippen molar-refractivity contribution >= 4 is 0 Å². The predicted molar refractivity (Wildman–Crippen MR) is 99.9 cm³/mol. The fourth-order valence-corrected chi connectivity index (χ4v) is 3.72. The van der Waals surface area contributed by atoms with Crippen LogP contribution in [0.15, 0.2) is 48.8 Å². The molecule has 0 aliphatic carbocycles. The summed E-state index contributed by atoms with van der Waals surface area (Å²) in [5.74, 6) is 0.693. The van der Waals surface area contributed by atoms with Crippen LogP contribution in [0.1, 0.15) is 29.5 Å². The lowest BCUT2D eigenvalue weighted by Crippen LogP contribution is -2.37. The van der Waals surface area contributed by atoms with E-state index in [4.69, 9.17) is 4.74 Å². The molecule has 0 saturated carbocycles. The van der Waals surface area contributed by atoms with Gasteiger partial charge in [0, 0.05) is 63.3 Å². The number of hydrogen-bond acceptors (Lipinski definition) is 4. The molecule has 6 nitrogen and oxygen atoms in total. The quantitative estimate of drug-likeness (QED) is 0.685. The molecule has 1 unspecified atom stereocenters. The molecule has 0 N–H and O–H groups in total. The van der Waals surface area contributed by atoms with E-state index in [2.05, 4.69) is 43.9 Å². The number of aryl methyl sites for hydroxylation is 2. The summed E-state index contributed by atoms with van der Waals surface area (Å²) in [6, 6.07) is 12.7. The van der Waals surface area contributed by atoms with Crippen LogP contribution < -0.4 is 4.74 Å². The molecule has 1 aliphatic heterocycles. The molecule has 1 atom stereocenters. The molecule has 4 heterocycles. The maximum Gasteiger partial charge on any atom is 0.213 e. The van der Waals surface area contributed by atoms with Crippen LogP contribution in [0, 0.1) is 6.92 Å². The van der Waals surface area contributed by atoms with Crippen molar-refractivity contribution < 1.29 is 4.74 Å². The highest BCUT2D eigenvalue weighted by molar-refractivity contribution is 5.14. The van der Waals surface area contributed by atoms with E-state index in [1.807, 2.05) is 36.9 Å². The second-order valence-electron chi connectivity index (χ2n) is 6.94. The molecule has 3 aromatic heterocycles. The zero-order valence-corrected chi connectivity index (χ0v) is 15.4. The van der Waals surface area contributed by atoms with Crippen LogP contribution in [0.2, 0.25) is 0 Å². The van der Waals surface area contributed by atoms with Gasteiger partial charge in [0.15, 0.2) is 0 Å². The highest BCUT2D eigenvalue weighted by Gasteiger charge is 2.25. The van der Waals surface area contributed by atoms with Crippen LogP contribution in [0.4, 0.5) is 0 Å². The van der Waals surface area contributed by atoms with Crippen LogP contribution >= 0.6 is 0 Å². The lowest BCUT2D eigenvalue weighted by Gasteiger charge is -2.35. The normalized spacial score (nSPS) is 17.2. The Bertz CT molecular complexity index is 854. The number of fused-ring (bicyclic) bond motifs is 1. The number of rotatable bonds is 6. The summed E-state index contributed by atoms with van der Waals surface area (Å²) in [6.45, 7) is 5.60. The van der Waals surface area contributed by atoms with Crippen molar-refractivity contribution in [3.05, 3.63) is 65.9 Å². The van der Waals surface area contributed by atoms with E-state index in [0.29, 0.717) is 18.5 Å². The zero-order chi connectivity index (χ0) is 17.9. The minimum atomic E-state index is 0.409. The zero-order valence-electron chi connectivity index (χ0n) is 15.4. The van der Waals surface area contributed by atoms with Gasteiger partial charge in [-0.1, -0.05) is 6.07 Å². The Hall–Kier alpha value is -2.60. The SMILES string of the molecule is Cc1cc(CN2Cc3cccn3C(CCOc3ccccn3)C2)n(C)n1. The van der Waals surface area contributed by atoms with E-state index in [1.165, 1.54) is 11.4 Å². The molecule has 6 heteroatoms. The standard InChI is InChI=1S/C20H25N5O/c1-16-12-19(23(2)22-16)15-24-13-17-6-5-10-25(17)18(14-24)8-11-26-20-7-3-4-9-21-20/h3-7,9-10,12,18H,8,11,13-15H2,1-2H3. The Balaban J connectivity index is 1.42. The van der Waals surface area contributed by atoms with Crippen molar-refractivity contribution in [1.29, 1.82) is 0 Å². The van der Waals surface area contributed by atoms with E-state index in [1.54, 1.807) is 6.20 Å². The lowest BCUT2D eigenvalue weighted by molar-refractivity contribution is 0.153. The average Bonchev–Trinajstić information content (AvgIpc) is 3.22. The molecule has 0 saturated heterocycles. The Morgan fingerprint density at radius 1 is 1.23 bits per heavy atom. The minimum Gasteiger partial charge on any atom is -0.478 e. The third-order valence-electron chi connectivity index (χ3n) is 4.94. The fraction of sp³-hybridized carbons (Fsp3) is 0.400. The monoisotopic (exact) mass is 351 g/mol. The van der Waals surface area contributed by atoms with Gasteiger partial charge in [-0.3, -0.25) is 9.58 Å². The molecule has 1 aliphatic rings. The number of pyridine rings is 1. The third-order valence-corrected chi connectivity index (χ3v) is 4.94. The van der Waals surface area contributed by atoms with E-state index in [0.717, 1.165) is 31.7 Å². The summed E-state index contributed by atoms with van der Waals surface area (Å²) in [5.41, 5.74) is 3.69. The highest BCUT2D eigenvalue weighted by atomic mass is 16.5. The summed E-state index contributed by atoms with van der Waals surface area (Å²) in [7, 11) is 2.02. The molecule has 0 fully saturated rings. The van der Waals surface area contributed by atoms with Gasteiger partial charge in [-0.25, -0.2) is 4.98 Å². The lowest BCUT2D eigenvalue weighted by atomic mass is 10.1. The second-order valence-corrected chi connectivity index (χ2v) is 6.94. The maximum atomic E-state index is 5.82. The first-order valence-electron chi connectivity index (χ1n) is 9.10. The van der Waals surface area contributed by atoms with E-state index in [-0.39, 0.29) is 0 Å². The van der Waals surface area contributed by atoms with Crippen LogP contribution in [0.5, 0.6) is 5.88 Å².